The molecule has 140 valence electrons. The maximum atomic E-state index is 11.4. The molecule has 26 heavy (non-hydrogen) atoms. The largest absolute Gasteiger partial charge is 0.507 e. The monoisotopic (exact) mass is 380 g/mol. The van der Waals surface area contributed by atoms with E-state index < -0.39 is 16.0 Å². The van der Waals surface area contributed by atoms with Crippen LogP contribution in [-0.2, 0) is 10.0 Å². The highest BCUT2D eigenvalue weighted by Crippen LogP contribution is 2.16. The van der Waals surface area contributed by atoms with E-state index in [-0.39, 0.29) is 23.1 Å². The fourth-order valence-corrected chi connectivity index (χ4v) is 3.05. The van der Waals surface area contributed by atoms with Crippen molar-refractivity contribution >= 4 is 21.9 Å². The van der Waals surface area contributed by atoms with Gasteiger partial charge in [0.05, 0.1) is 11.3 Å². The van der Waals surface area contributed by atoms with Crippen LogP contribution in [0.1, 0.15) is 20.8 Å². The number of para-hydroxylation sites is 1. The molecule has 0 bridgehead atoms. The van der Waals surface area contributed by atoms with Crippen molar-refractivity contribution in [1.29, 1.82) is 0 Å². The molecule has 0 aliphatic carbocycles. The van der Waals surface area contributed by atoms with Gasteiger partial charge in [0.25, 0.3) is 5.91 Å². The van der Waals surface area contributed by atoms with Crippen LogP contribution in [0.4, 0.5) is 0 Å². The number of hydrogen-bond donors (Lipinski definition) is 2. The van der Waals surface area contributed by atoms with Crippen molar-refractivity contribution in [2.24, 2.45) is 0 Å². The van der Waals surface area contributed by atoms with E-state index in [1.165, 1.54) is 35.4 Å². The summed E-state index contributed by atoms with van der Waals surface area (Å²) >= 11 is 0. The number of phenols is 1. The van der Waals surface area contributed by atoms with Crippen LogP contribution in [-0.4, -0.2) is 59.2 Å². The minimum absolute atomic E-state index is 0.0243. The average Bonchev–Trinajstić information content (AvgIpc) is 3.06. The van der Waals surface area contributed by atoms with Crippen molar-refractivity contribution < 1.29 is 28.2 Å². The second-order valence-corrected chi connectivity index (χ2v) is 7.17. The van der Waals surface area contributed by atoms with Gasteiger partial charge in [0.1, 0.15) is 11.4 Å². The van der Waals surface area contributed by atoms with Gasteiger partial charge in [-0.15, -0.1) is 6.58 Å². The first kappa shape index (κ1) is 21.0. The molecule has 1 aromatic heterocycles. The van der Waals surface area contributed by atoms with E-state index in [0.29, 0.717) is 5.56 Å². The third-order valence-corrected chi connectivity index (χ3v) is 4.68. The van der Waals surface area contributed by atoms with Crippen LogP contribution in [0.5, 0.6) is 5.75 Å². The lowest BCUT2D eigenvalue weighted by Crippen LogP contribution is -2.21. The minimum atomic E-state index is -3.62. The lowest BCUT2D eigenvalue weighted by Gasteiger charge is -2.10. The lowest BCUT2D eigenvalue weighted by atomic mass is 10.2. The third kappa shape index (κ3) is 5.21. The van der Waals surface area contributed by atoms with Gasteiger partial charge in [0, 0.05) is 20.3 Å². The number of hydrogen-bond acceptors (Lipinski definition) is 5. The van der Waals surface area contributed by atoms with Crippen molar-refractivity contribution in [2.45, 2.75) is 0 Å². The summed E-state index contributed by atoms with van der Waals surface area (Å²) in [6.07, 6.45) is 2.41. The Morgan fingerprint density at radius 1 is 1.19 bits per heavy atom. The Kier molecular flexibility index (Phi) is 7.15. The third-order valence-electron chi connectivity index (χ3n) is 3.10. The number of aromatic hydroxyl groups is 1. The Labute approximate surface area is 151 Å². The smallest absolute Gasteiger partial charge is 0.353 e. The number of carboxylic acids is 1. The van der Waals surface area contributed by atoms with Gasteiger partial charge >= 0.3 is 5.97 Å². The molecule has 8 nitrogen and oxygen atoms in total. The zero-order valence-corrected chi connectivity index (χ0v) is 15.2. The van der Waals surface area contributed by atoms with Gasteiger partial charge in [0.15, 0.2) is 0 Å². The molecule has 2 aromatic rings. The van der Waals surface area contributed by atoms with Crippen molar-refractivity contribution in [3.05, 3.63) is 66.5 Å². The molecule has 0 saturated heterocycles. The first-order valence-electron chi connectivity index (χ1n) is 7.36. The summed E-state index contributed by atoms with van der Waals surface area (Å²) in [6, 6.07) is 9.08. The van der Waals surface area contributed by atoms with E-state index in [9.17, 15) is 23.1 Å². The van der Waals surface area contributed by atoms with Crippen molar-refractivity contribution in [3.8, 4) is 5.75 Å². The number of carboxylic acid groups (broad SMARTS) is 1. The van der Waals surface area contributed by atoms with Crippen LogP contribution in [0.15, 0.2) is 55.3 Å². The predicted molar refractivity (Wildman–Crippen MR) is 96.9 cm³/mol. The van der Waals surface area contributed by atoms with E-state index in [2.05, 4.69) is 6.58 Å². The molecule has 0 saturated carbocycles. The number of rotatable bonds is 5. The molecule has 2 rings (SSSR count). The number of aromatic nitrogens is 1. The Bertz CT molecular complexity index is 899. The quantitative estimate of drug-likeness (QED) is 0.762. The summed E-state index contributed by atoms with van der Waals surface area (Å²) in [5.74, 6) is -1.73. The van der Waals surface area contributed by atoms with E-state index in [0.717, 1.165) is 3.97 Å². The average molecular weight is 380 g/mol. The topological polar surface area (TPSA) is 117 Å². The number of amides is 1. The number of aromatic carboxylic acids is 1. The molecule has 0 spiro atoms. The Morgan fingerprint density at radius 3 is 2.31 bits per heavy atom. The highest BCUT2D eigenvalue weighted by molar-refractivity contribution is 7.90. The summed E-state index contributed by atoms with van der Waals surface area (Å²) in [5.41, 5.74) is 0.0642. The first-order chi connectivity index (χ1) is 12.1. The van der Waals surface area contributed by atoms with Crippen molar-refractivity contribution in [2.75, 3.05) is 19.8 Å². The Hall–Kier alpha value is -3.07. The van der Waals surface area contributed by atoms with E-state index in [1.807, 2.05) is 0 Å². The molecule has 0 aliphatic rings. The van der Waals surface area contributed by atoms with Gasteiger partial charge in [-0.1, -0.05) is 18.2 Å². The summed E-state index contributed by atoms with van der Waals surface area (Å²) in [6.45, 7) is 3.29. The molecule has 1 amide bonds. The van der Waals surface area contributed by atoms with Crippen LogP contribution < -0.4 is 0 Å². The summed E-state index contributed by atoms with van der Waals surface area (Å²) in [4.78, 5) is 23.4. The van der Waals surface area contributed by atoms with Gasteiger partial charge in [-0.25, -0.2) is 17.2 Å². The van der Waals surface area contributed by atoms with Crippen LogP contribution >= 0.6 is 0 Å². The van der Waals surface area contributed by atoms with Crippen LogP contribution in [0, 0.1) is 0 Å². The van der Waals surface area contributed by atoms with Gasteiger partial charge in [-0.2, -0.15) is 0 Å². The van der Waals surface area contributed by atoms with E-state index in [4.69, 9.17) is 5.11 Å². The van der Waals surface area contributed by atoms with E-state index in [1.54, 1.807) is 32.3 Å². The minimum Gasteiger partial charge on any atom is -0.507 e. The SMILES string of the molecule is C=CCS(=O)(=O)n1cccc1C(=O)O.CN(C)C(=O)c1ccccc1O. The highest BCUT2D eigenvalue weighted by Gasteiger charge is 2.18. The lowest BCUT2D eigenvalue weighted by molar-refractivity contribution is 0.0688. The molecule has 0 radical (unpaired) electrons. The first-order valence-corrected chi connectivity index (χ1v) is 8.97. The molecule has 0 unspecified atom stereocenters. The number of phenolic OH excluding ortho intramolecular Hbond substituents is 1. The van der Waals surface area contributed by atoms with Gasteiger partial charge in [0.2, 0.25) is 10.0 Å². The Morgan fingerprint density at radius 2 is 1.81 bits per heavy atom. The number of carbonyl (C=O) groups excluding carboxylic acids is 1. The van der Waals surface area contributed by atoms with Gasteiger partial charge in [-0.3, -0.25) is 4.79 Å². The molecule has 0 atom stereocenters. The maximum absolute atomic E-state index is 11.4. The van der Waals surface area contributed by atoms with Crippen LogP contribution in [0.2, 0.25) is 0 Å². The zero-order chi connectivity index (χ0) is 19.9. The standard InChI is InChI=1S/C9H11NO2.C8H9NO4S/c1-10(2)9(12)7-5-3-4-6-8(7)11;1-2-6-14(12,13)9-5-3-4-7(9)8(10)11/h3-6,11H,1-2H3;2-5H,1,6H2,(H,10,11). The number of benzene rings is 1. The van der Waals surface area contributed by atoms with Gasteiger partial charge < -0.3 is 15.1 Å². The molecule has 0 fully saturated rings. The zero-order valence-electron chi connectivity index (χ0n) is 14.4. The van der Waals surface area contributed by atoms with E-state index >= 15 is 0 Å². The molecule has 1 heterocycles. The predicted octanol–water partition coefficient (Wildman–Crippen LogP) is 1.64. The fraction of sp³-hybridized carbons (Fsp3) is 0.176. The summed E-state index contributed by atoms with van der Waals surface area (Å²) < 4.78 is 23.6. The fourth-order valence-electron chi connectivity index (χ4n) is 1.90. The second kappa shape index (κ2) is 8.86. The molecular formula is C17H20N2O6S. The number of carbonyl (C=O) groups is 2. The molecular weight excluding hydrogens is 360 g/mol. The second-order valence-electron chi connectivity index (χ2n) is 5.28. The highest BCUT2D eigenvalue weighted by atomic mass is 32.2. The van der Waals surface area contributed by atoms with Crippen molar-refractivity contribution in [1.82, 2.24) is 8.87 Å². The molecule has 1 aromatic carbocycles. The van der Waals surface area contributed by atoms with Crippen molar-refractivity contribution in [3.63, 3.8) is 0 Å². The molecule has 2 N–H and O–H groups in total. The molecule has 0 aliphatic heterocycles. The van der Waals surface area contributed by atoms with Crippen LogP contribution in [0.25, 0.3) is 0 Å². The number of nitrogens with zero attached hydrogens (tertiary/aromatic N) is 2. The Balaban J connectivity index is 0.000000263. The van der Waals surface area contributed by atoms with Crippen LogP contribution in [0.3, 0.4) is 0 Å². The summed E-state index contributed by atoms with van der Waals surface area (Å²) in [5, 5.41) is 18.0. The molecule has 9 heteroatoms. The van der Waals surface area contributed by atoms with Gasteiger partial charge in [-0.05, 0) is 24.3 Å². The normalized spacial score (nSPS) is 10.4. The maximum Gasteiger partial charge on any atom is 0.353 e. The summed E-state index contributed by atoms with van der Waals surface area (Å²) in [7, 11) is -0.330.